The lowest BCUT2D eigenvalue weighted by Crippen LogP contribution is -1.91. The van der Waals surface area contributed by atoms with Crippen LogP contribution in [0, 0.1) is 19.7 Å². The zero-order chi connectivity index (χ0) is 10.8. The highest BCUT2D eigenvalue weighted by Crippen LogP contribution is 2.20. The summed E-state index contributed by atoms with van der Waals surface area (Å²) in [5.41, 5.74) is 2.82. The summed E-state index contributed by atoms with van der Waals surface area (Å²) < 4.78 is 13.6. The van der Waals surface area contributed by atoms with Gasteiger partial charge in [0, 0.05) is 23.7 Å². The van der Waals surface area contributed by atoms with Gasteiger partial charge < -0.3 is 0 Å². The molecule has 15 heavy (non-hydrogen) atoms. The van der Waals surface area contributed by atoms with E-state index in [-0.39, 0.29) is 5.82 Å². The monoisotopic (exact) mass is 202 g/mol. The van der Waals surface area contributed by atoms with Gasteiger partial charge >= 0.3 is 0 Å². The molecule has 2 heterocycles. The molecular formula is C12H11FN2. The fourth-order valence-electron chi connectivity index (χ4n) is 1.44. The number of hydrogen-bond acceptors (Lipinski definition) is 2. The number of aryl methyl sites for hydroxylation is 2. The van der Waals surface area contributed by atoms with Crippen molar-refractivity contribution in [1.29, 1.82) is 0 Å². The molecule has 0 aliphatic heterocycles. The van der Waals surface area contributed by atoms with Crippen molar-refractivity contribution in [2.24, 2.45) is 0 Å². The van der Waals surface area contributed by atoms with Crippen molar-refractivity contribution in [1.82, 2.24) is 9.97 Å². The molecule has 0 radical (unpaired) electrons. The normalized spacial score (nSPS) is 10.3. The van der Waals surface area contributed by atoms with E-state index in [1.54, 1.807) is 18.5 Å². The maximum Gasteiger partial charge on any atom is 0.149 e. The molecule has 3 heteroatoms. The minimum Gasteiger partial charge on any atom is -0.262 e. The predicted octanol–water partition coefficient (Wildman–Crippen LogP) is 2.90. The van der Waals surface area contributed by atoms with Crippen LogP contribution in [0.4, 0.5) is 4.39 Å². The zero-order valence-corrected chi connectivity index (χ0v) is 8.66. The highest BCUT2D eigenvalue weighted by atomic mass is 19.1. The maximum atomic E-state index is 13.6. The summed E-state index contributed by atoms with van der Waals surface area (Å²) in [6.07, 6.45) is 3.32. The highest BCUT2D eigenvalue weighted by molar-refractivity contribution is 5.59. The summed E-state index contributed by atoms with van der Waals surface area (Å²) in [6, 6.07) is 5.06. The van der Waals surface area contributed by atoms with Gasteiger partial charge in [-0.05, 0) is 37.6 Å². The van der Waals surface area contributed by atoms with Crippen molar-refractivity contribution in [2.45, 2.75) is 13.8 Å². The van der Waals surface area contributed by atoms with Crippen LogP contribution in [0.25, 0.3) is 11.3 Å². The second kappa shape index (κ2) is 3.77. The molecule has 0 bridgehead atoms. The smallest absolute Gasteiger partial charge is 0.149 e. The standard InChI is InChI=1S/C12H11FN2/c1-8-5-11(13)12(15-7-8)10-3-4-14-9(2)6-10/h3-7H,1-2H3. The molecule has 76 valence electrons. The third-order valence-electron chi connectivity index (χ3n) is 2.15. The molecule has 0 aromatic carbocycles. The highest BCUT2D eigenvalue weighted by Gasteiger charge is 2.06. The first kappa shape index (κ1) is 9.77. The van der Waals surface area contributed by atoms with Crippen molar-refractivity contribution < 1.29 is 4.39 Å². The molecule has 0 unspecified atom stereocenters. The Labute approximate surface area is 87.8 Å². The Morgan fingerprint density at radius 2 is 1.93 bits per heavy atom. The molecule has 0 spiro atoms. The van der Waals surface area contributed by atoms with E-state index in [1.807, 2.05) is 19.9 Å². The largest absolute Gasteiger partial charge is 0.262 e. The number of aromatic nitrogens is 2. The number of halogens is 1. The molecular weight excluding hydrogens is 191 g/mol. The van der Waals surface area contributed by atoms with E-state index >= 15 is 0 Å². The quantitative estimate of drug-likeness (QED) is 0.710. The number of nitrogens with zero attached hydrogens (tertiary/aromatic N) is 2. The van der Waals surface area contributed by atoms with Crippen LogP contribution in [0.2, 0.25) is 0 Å². The first-order valence-electron chi connectivity index (χ1n) is 4.72. The molecule has 2 rings (SSSR count). The molecule has 0 amide bonds. The van der Waals surface area contributed by atoms with Crippen LogP contribution in [0.1, 0.15) is 11.3 Å². The van der Waals surface area contributed by atoms with Crippen molar-refractivity contribution in [2.75, 3.05) is 0 Å². The van der Waals surface area contributed by atoms with E-state index in [0.29, 0.717) is 5.69 Å². The van der Waals surface area contributed by atoms with Gasteiger partial charge in [0.1, 0.15) is 11.5 Å². The van der Waals surface area contributed by atoms with Gasteiger partial charge in [-0.25, -0.2) is 4.39 Å². The topological polar surface area (TPSA) is 25.8 Å². The van der Waals surface area contributed by atoms with Crippen molar-refractivity contribution in [3.05, 3.63) is 47.7 Å². The SMILES string of the molecule is Cc1cnc(-c2ccnc(C)c2)c(F)c1. The fourth-order valence-corrected chi connectivity index (χ4v) is 1.44. The van der Waals surface area contributed by atoms with Gasteiger partial charge in [0.2, 0.25) is 0 Å². The van der Waals surface area contributed by atoms with Crippen LogP contribution in [-0.2, 0) is 0 Å². The van der Waals surface area contributed by atoms with Crippen LogP contribution in [-0.4, -0.2) is 9.97 Å². The maximum absolute atomic E-state index is 13.6. The third kappa shape index (κ3) is 2.01. The number of pyridine rings is 2. The van der Waals surface area contributed by atoms with Crippen molar-refractivity contribution in [3.8, 4) is 11.3 Å². The van der Waals surface area contributed by atoms with Gasteiger partial charge in [0.05, 0.1) is 0 Å². The Morgan fingerprint density at radius 3 is 2.60 bits per heavy atom. The lowest BCUT2D eigenvalue weighted by atomic mass is 10.1. The summed E-state index contributed by atoms with van der Waals surface area (Å²) >= 11 is 0. The van der Waals surface area contributed by atoms with Crippen LogP contribution in [0.5, 0.6) is 0 Å². The molecule has 2 aromatic rings. The predicted molar refractivity (Wildman–Crippen MR) is 56.9 cm³/mol. The van der Waals surface area contributed by atoms with Crippen molar-refractivity contribution >= 4 is 0 Å². The molecule has 0 aliphatic rings. The fraction of sp³-hybridized carbons (Fsp3) is 0.167. The Bertz CT molecular complexity index is 495. The van der Waals surface area contributed by atoms with E-state index < -0.39 is 0 Å². The van der Waals surface area contributed by atoms with E-state index in [1.165, 1.54) is 6.07 Å². The molecule has 0 aliphatic carbocycles. The molecule has 2 aromatic heterocycles. The van der Waals surface area contributed by atoms with Gasteiger partial charge in [0.15, 0.2) is 0 Å². The Balaban J connectivity index is 2.54. The minimum absolute atomic E-state index is 0.291. The zero-order valence-electron chi connectivity index (χ0n) is 8.66. The first-order chi connectivity index (χ1) is 7.16. The molecule has 0 fully saturated rings. The van der Waals surface area contributed by atoms with Crippen LogP contribution >= 0.6 is 0 Å². The van der Waals surface area contributed by atoms with Gasteiger partial charge in [-0.2, -0.15) is 0 Å². The molecule has 2 nitrogen and oxygen atoms in total. The lowest BCUT2D eigenvalue weighted by Gasteiger charge is -2.03. The minimum atomic E-state index is -0.291. The second-order valence-corrected chi connectivity index (χ2v) is 3.53. The van der Waals surface area contributed by atoms with E-state index in [2.05, 4.69) is 9.97 Å². The van der Waals surface area contributed by atoms with Gasteiger partial charge in [-0.3, -0.25) is 9.97 Å². The number of rotatable bonds is 1. The Hall–Kier alpha value is -1.77. The summed E-state index contributed by atoms with van der Waals surface area (Å²) in [5.74, 6) is -0.291. The molecule has 0 saturated heterocycles. The summed E-state index contributed by atoms with van der Waals surface area (Å²) in [6.45, 7) is 3.69. The third-order valence-corrected chi connectivity index (χ3v) is 2.15. The van der Waals surface area contributed by atoms with Gasteiger partial charge in [-0.1, -0.05) is 0 Å². The average Bonchev–Trinajstić information content (AvgIpc) is 2.17. The molecule has 0 N–H and O–H groups in total. The van der Waals surface area contributed by atoms with Crippen molar-refractivity contribution in [3.63, 3.8) is 0 Å². The first-order valence-corrected chi connectivity index (χ1v) is 4.72. The molecule has 0 atom stereocenters. The van der Waals surface area contributed by atoms with Crippen LogP contribution in [0.3, 0.4) is 0 Å². The summed E-state index contributed by atoms with van der Waals surface area (Å²) in [7, 11) is 0. The average molecular weight is 202 g/mol. The second-order valence-electron chi connectivity index (χ2n) is 3.53. The van der Waals surface area contributed by atoms with Crippen LogP contribution < -0.4 is 0 Å². The van der Waals surface area contributed by atoms with Gasteiger partial charge in [0.25, 0.3) is 0 Å². The Kier molecular flexibility index (Phi) is 2.46. The van der Waals surface area contributed by atoms with Crippen LogP contribution in [0.15, 0.2) is 30.6 Å². The summed E-state index contributed by atoms with van der Waals surface area (Å²) in [5, 5.41) is 0. The van der Waals surface area contributed by atoms with E-state index in [4.69, 9.17) is 0 Å². The number of hydrogen-bond donors (Lipinski definition) is 0. The summed E-state index contributed by atoms with van der Waals surface area (Å²) in [4.78, 5) is 8.15. The molecule has 0 saturated carbocycles. The van der Waals surface area contributed by atoms with E-state index in [0.717, 1.165) is 16.8 Å². The van der Waals surface area contributed by atoms with E-state index in [9.17, 15) is 4.39 Å². The lowest BCUT2D eigenvalue weighted by molar-refractivity contribution is 0.624. The Morgan fingerprint density at radius 1 is 1.13 bits per heavy atom. The van der Waals surface area contributed by atoms with Gasteiger partial charge in [-0.15, -0.1) is 0 Å².